The lowest BCUT2D eigenvalue weighted by molar-refractivity contribution is -0.123. The van der Waals surface area contributed by atoms with Crippen molar-refractivity contribution in [2.45, 2.75) is 26.3 Å². The fourth-order valence-electron chi connectivity index (χ4n) is 1.45. The third-order valence-corrected chi connectivity index (χ3v) is 3.44. The smallest absolute Gasteiger partial charge is 0.341 e. The van der Waals surface area contributed by atoms with Gasteiger partial charge < -0.3 is 10.1 Å². The zero-order valence-electron chi connectivity index (χ0n) is 12.6. The van der Waals surface area contributed by atoms with Gasteiger partial charge in [0.05, 0.1) is 20.6 Å². The molecule has 126 valence electrons. The number of hydrogen-bond acceptors (Lipinski definition) is 4. The molecule has 0 aromatic heterocycles. The second kappa shape index (κ2) is 7.86. The molecule has 0 heterocycles. The maximum Gasteiger partial charge on any atom is 0.341 e. The molecular weight excluding hydrogens is 367 g/mol. The molecule has 0 spiro atoms. The highest BCUT2D eigenvalue weighted by Gasteiger charge is 2.21. The zero-order chi connectivity index (χ0) is 17.8. The Labute approximate surface area is 148 Å². The lowest BCUT2D eigenvalue weighted by atomic mass is 10.1. The molecule has 0 bridgehead atoms. The molecule has 0 saturated carbocycles. The molecule has 0 radical (unpaired) electrons. The van der Waals surface area contributed by atoms with E-state index in [1.54, 1.807) is 20.8 Å². The molecule has 0 saturated heterocycles. The topological polar surface area (TPSA) is 84.5 Å². The average molecular weight is 382 g/mol. The Hall–Kier alpha value is -1.50. The van der Waals surface area contributed by atoms with Crippen LogP contribution in [0.25, 0.3) is 0 Å². The summed E-state index contributed by atoms with van der Waals surface area (Å²) in [5, 5.41) is 4.64. The number of hydrogen-bond donors (Lipinski definition) is 2. The first-order valence-corrected chi connectivity index (χ1v) is 7.57. The molecule has 2 N–H and O–H groups in total. The Morgan fingerprint density at radius 3 is 2.22 bits per heavy atom. The average Bonchev–Trinajstić information content (AvgIpc) is 2.39. The summed E-state index contributed by atoms with van der Waals surface area (Å²) in [4.78, 5) is 35.0. The lowest BCUT2D eigenvalue weighted by Gasteiger charge is -2.20. The van der Waals surface area contributed by atoms with Gasteiger partial charge in [0.25, 0.3) is 5.91 Å². The summed E-state index contributed by atoms with van der Waals surface area (Å²) in [6, 6.07) is 2.10. The van der Waals surface area contributed by atoms with Gasteiger partial charge in [-0.2, -0.15) is 0 Å². The molecule has 0 fully saturated rings. The monoisotopic (exact) mass is 380 g/mol. The van der Waals surface area contributed by atoms with Crippen molar-refractivity contribution in [1.82, 2.24) is 10.6 Å². The quantitative estimate of drug-likeness (QED) is 0.620. The van der Waals surface area contributed by atoms with Crippen LogP contribution in [-0.2, 0) is 9.53 Å². The first-order valence-electron chi connectivity index (χ1n) is 6.44. The number of benzene rings is 1. The summed E-state index contributed by atoms with van der Waals surface area (Å²) >= 11 is 17.5. The lowest BCUT2D eigenvalue weighted by Crippen LogP contribution is -2.49. The summed E-state index contributed by atoms with van der Waals surface area (Å²) in [6.45, 7) is 4.58. The SMILES string of the molecule is CC(C)(C)NC(=O)NC(=O)COC(=O)c1c(Cl)ccc(Cl)c1Cl. The van der Waals surface area contributed by atoms with Crippen molar-refractivity contribution in [3.05, 3.63) is 32.8 Å². The van der Waals surface area contributed by atoms with Crippen LogP contribution in [0.1, 0.15) is 31.1 Å². The van der Waals surface area contributed by atoms with Gasteiger partial charge in [0.2, 0.25) is 0 Å². The number of rotatable bonds is 3. The van der Waals surface area contributed by atoms with Gasteiger partial charge in [-0.1, -0.05) is 34.8 Å². The zero-order valence-corrected chi connectivity index (χ0v) is 14.9. The van der Waals surface area contributed by atoms with Crippen molar-refractivity contribution in [3.8, 4) is 0 Å². The molecule has 1 aromatic rings. The molecule has 9 heteroatoms. The fraction of sp³-hybridized carbons (Fsp3) is 0.357. The van der Waals surface area contributed by atoms with Crippen LogP contribution in [0.2, 0.25) is 15.1 Å². The Morgan fingerprint density at radius 1 is 1.09 bits per heavy atom. The molecule has 0 aliphatic heterocycles. The molecular formula is C14H15Cl3N2O4. The van der Waals surface area contributed by atoms with Crippen LogP contribution >= 0.6 is 34.8 Å². The molecule has 1 aromatic carbocycles. The predicted molar refractivity (Wildman–Crippen MR) is 88.2 cm³/mol. The molecule has 0 unspecified atom stereocenters. The van der Waals surface area contributed by atoms with Crippen molar-refractivity contribution in [3.63, 3.8) is 0 Å². The Bertz CT molecular complexity index is 642. The van der Waals surface area contributed by atoms with Crippen LogP contribution in [0.15, 0.2) is 12.1 Å². The van der Waals surface area contributed by atoms with E-state index in [-0.39, 0.29) is 20.6 Å². The number of imide groups is 1. The number of ether oxygens (including phenoxy) is 1. The van der Waals surface area contributed by atoms with Crippen LogP contribution in [0, 0.1) is 0 Å². The standard InChI is InChI=1S/C14H15Cl3N2O4/c1-14(2,3)19-13(22)18-9(20)6-23-12(21)10-7(15)4-5-8(16)11(10)17/h4-5H,6H2,1-3H3,(H2,18,19,20,22). The number of carbonyl (C=O) groups is 3. The van der Waals surface area contributed by atoms with Gasteiger partial charge in [0.15, 0.2) is 6.61 Å². The Morgan fingerprint density at radius 2 is 1.65 bits per heavy atom. The van der Waals surface area contributed by atoms with E-state index in [0.717, 1.165) is 0 Å². The summed E-state index contributed by atoms with van der Waals surface area (Å²) in [7, 11) is 0. The van der Waals surface area contributed by atoms with Crippen molar-refractivity contribution < 1.29 is 19.1 Å². The molecule has 6 nitrogen and oxygen atoms in total. The minimum absolute atomic E-state index is 0.0373. The molecule has 23 heavy (non-hydrogen) atoms. The van der Waals surface area contributed by atoms with Crippen molar-refractivity contribution in [2.75, 3.05) is 6.61 Å². The second-order valence-electron chi connectivity index (χ2n) is 5.55. The Kier molecular flexibility index (Phi) is 6.68. The van der Waals surface area contributed by atoms with E-state index < -0.39 is 30.1 Å². The maximum atomic E-state index is 11.9. The predicted octanol–water partition coefficient (Wildman–Crippen LogP) is 3.43. The van der Waals surface area contributed by atoms with Crippen LogP contribution < -0.4 is 10.6 Å². The highest BCUT2D eigenvalue weighted by atomic mass is 35.5. The van der Waals surface area contributed by atoms with Crippen molar-refractivity contribution in [1.29, 1.82) is 0 Å². The second-order valence-corrected chi connectivity index (χ2v) is 6.74. The molecule has 0 aliphatic rings. The van der Waals surface area contributed by atoms with E-state index in [1.165, 1.54) is 12.1 Å². The number of halogens is 3. The number of esters is 1. The van der Waals surface area contributed by atoms with Gasteiger partial charge in [0.1, 0.15) is 0 Å². The van der Waals surface area contributed by atoms with E-state index in [9.17, 15) is 14.4 Å². The van der Waals surface area contributed by atoms with Gasteiger partial charge in [-0.25, -0.2) is 9.59 Å². The number of amides is 3. The first-order chi connectivity index (χ1) is 10.5. The van der Waals surface area contributed by atoms with E-state index in [4.69, 9.17) is 39.5 Å². The van der Waals surface area contributed by atoms with E-state index in [1.807, 2.05) is 5.32 Å². The highest BCUT2D eigenvalue weighted by molar-refractivity contribution is 6.46. The molecule has 3 amide bonds. The van der Waals surface area contributed by atoms with E-state index >= 15 is 0 Å². The van der Waals surface area contributed by atoms with Crippen LogP contribution in [0.5, 0.6) is 0 Å². The molecule has 0 atom stereocenters. The maximum absolute atomic E-state index is 11.9. The van der Waals surface area contributed by atoms with Crippen LogP contribution in [0.3, 0.4) is 0 Å². The fourth-order valence-corrected chi connectivity index (χ4v) is 2.13. The summed E-state index contributed by atoms with van der Waals surface area (Å²) in [6.07, 6.45) is 0. The normalized spacial score (nSPS) is 10.9. The van der Waals surface area contributed by atoms with Crippen LogP contribution in [-0.4, -0.2) is 30.1 Å². The first kappa shape index (κ1) is 19.5. The molecule has 1 rings (SSSR count). The Balaban J connectivity index is 2.62. The van der Waals surface area contributed by atoms with Gasteiger partial charge >= 0.3 is 12.0 Å². The minimum atomic E-state index is -0.922. The van der Waals surface area contributed by atoms with E-state index in [2.05, 4.69) is 5.32 Å². The van der Waals surface area contributed by atoms with Crippen LogP contribution in [0.4, 0.5) is 4.79 Å². The third-order valence-electron chi connectivity index (χ3n) is 2.32. The summed E-state index contributed by atoms with van der Waals surface area (Å²) in [5.74, 6) is -1.72. The largest absolute Gasteiger partial charge is 0.452 e. The number of urea groups is 1. The third kappa shape index (κ3) is 6.25. The van der Waals surface area contributed by atoms with Gasteiger partial charge in [-0.15, -0.1) is 0 Å². The van der Waals surface area contributed by atoms with E-state index in [0.29, 0.717) is 0 Å². The van der Waals surface area contributed by atoms with Crippen molar-refractivity contribution in [2.24, 2.45) is 0 Å². The van der Waals surface area contributed by atoms with Crippen molar-refractivity contribution >= 4 is 52.7 Å². The minimum Gasteiger partial charge on any atom is -0.452 e. The number of nitrogens with one attached hydrogen (secondary N) is 2. The highest BCUT2D eigenvalue weighted by Crippen LogP contribution is 2.31. The van der Waals surface area contributed by atoms with Gasteiger partial charge in [-0.05, 0) is 32.9 Å². The molecule has 0 aliphatic carbocycles. The number of carbonyl (C=O) groups excluding carboxylic acids is 3. The summed E-state index contributed by atoms with van der Waals surface area (Å²) < 4.78 is 4.78. The van der Waals surface area contributed by atoms with Gasteiger partial charge in [-0.3, -0.25) is 10.1 Å². The summed E-state index contributed by atoms with van der Waals surface area (Å²) in [5.41, 5.74) is -0.657. The van der Waals surface area contributed by atoms with Gasteiger partial charge in [0, 0.05) is 5.54 Å².